The minimum absolute atomic E-state index is 0.215. The van der Waals surface area contributed by atoms with E-state index in [4.69, 9.17) is 14.9 Å². The van der Waals surface area contributed by atoms with Gasteiger partial charge in [-0.3, -0.25) is 9.59 Å². The molecule has 1 fully saturated rings. The van der Waals surface area contributed by atoms with Gasteiger partial charge in [-0.25, -0.2) is 0 Å². The summed E-state index contributed by atoms with van der Waals surface area (Å²) in [5, 5.41) is 5.45. The van der Waals surface area contributed by atoms with Crippen LogP contribution in [0.4, 0.5) is 0 Å². The van der Waals surface area contributed by atoms with Gasteiger partial charge in [0.05, 0.1) is 24.2 Å². The number of piperidine rings is 1. The summed E-state index contributed by atoms with van der Waals surface area (Å²) in [6.07, 6.45) is 2.07. The molecule has 4 aromatic rings. The van der Waals surface area contributed by atoms with E-state index in [1.54, 1.807) is 11.7 Å². The molecule has 3 heterocycles. The summed E-state index contributed by atoms with van der Waals surface area (Å²) in [5.41, 5.74) is 8.17. The molecule has 3 N–H and O–H groups in total. The SMILES string of the molecule is COCc1ccc2c(C(N)=O)cc(=O)n(CCN3CCC(NCc4cc5ccccc5o4)CC3)c2c1. The van der Waals surface area contributed by atoms with Gasteiger partial charge in [-0.05, 0) is 49.7 Å². The van der Waals surface area contributed by atoms with E-state index < -0.39 is 5.91 Å². The van der Waals surface area contributed by atoms with Crippen molar-refractivity contribution in [3.05, 3.63) is 81.8 Å². The van der Waals surface area contributed by atoms with Gasteiger partial charge in [0.2, 0.25) is 5.91 Å². The molecule has 8 nitrogen and oxygen atoms in total. The summed E-state index contributed by atoms with van der Waals surface area (Å²) < 4.78 is 12.9. The molecule has 2 aromatic carbocycles. The second-order valence-electron chi connectivity index (χ2n) is 9.44. The molecule has 2 aromatic heterocycles. The first-order valence-electron chi connectivity index (χ1n) is 12.4. The number of nitrogens with zero attached hydrogens (tertiary/aromatic N) is 2. The number of amides is 1. The number of furan rings is 1. The van der Waals surface area contributed by atoms with Crippen LogP contribution in [0.5, 0.6) is 0 Å². The summed E-state index contributed by atoms with van der Waals surface area (Å²) in [7, 11) is 1.63. The average Bonchev–Trinajstić information content (AvgIpc) is 3.30. The number of methoxy groups -OCH3 is 1. The lowest BCUT2D eigenvalue weighted by atomic mass is 10.0. The number of primary amides is 1. The third kappa shape index (κ3) is 5.21. The van der Waals surface area contributed by atoms with Crippen LogP contribution in [-0.4, -0.2) is 48.2 Å². The summed E-state index contributed by atoms with van der Waals surface area (Å²) in [4.78, 5) is 27.3. The normalized spacial score (nSPS) is 15.1. The molecule has 0 atom stereocenters. The first-order chi connectivity index (χ1) is 17.5. The lowest BCUT2D eigenvalue weighted by Gasteiger charge is -2.32. The molecular formula is C28H32N4O4. The molecule has 0 aliphatic carbocycles. The fraction of sp³-hybridized carbons (Fsp3) is 0.357. The fourth-order valence-corrected chi connectivity index (χ4v) is 5.09. The molecule has 1 aliphatic heterocycles. The Balaban J connectivity index is 1.21. The number of ether oxygens (including phenoxy) is 1. The van der Waals surface area contributed by atoms with E-state index in [2.05, 4.69) is 22.3 Å². The fourth-order valence-electron chi connectivity index (χ4n) is 5.09. The number of hydrogen-bond donors (Lipinski definition) is 2. The van der Waals surface area contributed by atoms with Gasteiger partial charge in [-0.15, -0.1) is 0 Å². The average molecular weight is 489 g/mol. The zero-order chi connectivity index (χ0) is 25.1. The number of pyridine rings is 1. The number of likely N-dealkylation sites (tertiary alicyclic amines) is 1. The molecule has 0 spiro atoms. The molecule has 1 aliphatic rings. The Kier molecular flexibility index (Phi) is 7.18. The van der Waals surface area contributed by atoms with Crippen LogP contribution in [-0.2, 0) is 24.4 Å². The zero-order valence-corrected chi connectivity index (χ0v) is 20.5. The van der Waals surface area contributed by atoms with E-state index in [0.29, 0.717) is 30.1 Å². The zero-order valence-electron chi connectivity index (χ0n) is 20.5. The molecule has 0 bridgehead atoms. The monoisotopic (exact) mass is 488 g/mol. The molecule has 0 radical (unpaired) electrons. The Morgan fingerprint density at radius 2 is 1.92 bits per heavy atom. The number of fused-ring (bicyclic) bond motifs is 2. The van der Waals surface area contributed by atoms with Crippen molar-refractivity contribution in [3.8, 4) is 0 Å². The van der Waals surface area contributed by atoms with Gasteiger partial charge in [0.1, 0.15) is 11.3 Å². The van der Waals surface area contributed by atoms with E-state index in [9.17, 15) is 9.59 Å². The van der Waals surface area contributed by atoms with Crippen LogP contribution >= 0.6 is 0 Å². The van der Waals surface area contributed by atoms with Gasteiger partial charge < -0.3 is 29.7 Å². The topological polar surface area (TPSA) is 103 Å². The highest BCUT2D eigenvalue weighted by molar-refractivity contribution is 6.05. The van der Waals surface area contributed by atoms with Crippen LogP contribution < -0.4 is 16.6 Å². The second-order valence-corrected chi connectivity index (χ2v) is 9.44. The Morgan fingerprint density at radius 3 is 2.67 bits per heavy atom. The number of para-hydroxylation sites is 1. The van der Waals surface area contributed by atoms with E-state index >= 15 is 0 Å². The van der Waals surface area contributed by atoms with Crippen LogP contribution in [0.3, 0.4) is 0 Å². The van der Waals surface area contributed by atoms with Gasteiger partial charge >= 0.3 is 0 Å². The van der Waals surface area contributed by atoms with E-state index in [-0.39, 0.29) is 11.1 Å². The maximum atomic E-state index is 12.9. The Hall–Kier alpha value is -3.46. The standard InChI is InChI=1S/C28H32N4O4/c1-35-18-19-6-7-23-24(28(29)34)16-27(33)32(25(23)14-19)13-12-31-10-8-21(9-11-31)30-17-22-15-20-4-2-3-5-26(20)36-22/h2-7,14-16,21,30H,8-13,17-18H2,1H3,(H2,29,34). The highest BCUT2D eigenvalue weighted by Crippen LogP contribution is 2.21. The van der Waals surface area contributed by atoms with Crippen molar-refractivity contribution in [3.63, 3.8) is 0 Å². The lowest BCUT2D eigenvalue weighted by Crippen LogP contribution is -2.43. The van der Waals surface area contributed by atoms with Crippen molar-refractivity contribution in [2.45, 2.75) is 38.6 Å². The Bertz CT molecular complexity index is 1400. The highest BCUT2D eigenvalue weighted by atomic mass is 16.5. The molecule has 36 heavy (non-hydrogen) atoms. The Morgan fingerprint density at radius 1 is 1.11 bits per heavy atom. The van der Waals surface area contributed by atoms with E-state index in [1.165, 1.54) is 6.07 Å². The van der Waals surface area contributed by atoms with Crippen LogP contribution in [0.2, 0.25) is 0 Å². The van der Waals surface area contributed by atoms with Crippen molar-refractivity contribution in [1.29, 1.82) is 0 Å². The maximum absolute atomic E-state index is 12.9. The molecule has 5 rings (SSSR count). The highest BCUT2D eigenvalue weighted by Gasteiger charge is 2.20. The van der Waals surface area contributed by atoms with Crippen molar-refractivity contribution in [2.75, 3.05) is 26.7 Å². The molecule has 1 amide bonds. The van der Waals surface area contributed by atoms with Gasteiger partial charge in [0.25, 0.3) is 5.56 Å². The lowest BCUT2D eigenvalue weighted by molar-refractivity contribution is 0.100. The minimum atomic E-state index is -0.596. The Labute approximate surface area is 209 Å². The second kappa shape index (κ2) is 10.7. The number of nitrogens with two attached hydrogens (primary N) is 1. The number of carbonyl (C=O) groups excluding carboxylic acids is 1. The van der Waals surface area contributed by atoms with Gasteiger partial charge in [0, 0.05) is 43.1 Å². The van der Waals surface area contributed by atoms with Crippen LogP contribution in [0, 0.1) is 0 Å². The van der Waals surface area contributed by atoms with Gasteiger partial charge in [-0.1, -0.05) is 30.3 Å². The van der Waals surface area contributed by atoms with Crippen molar-refractivity contribution < 1.29 is 13.9 Å². The summed E-state index contributed by atoms with van der Waals surface area (Å²) in [5.74, 6) is 0.359. The minimum Gasteiger partial charge on any atom is -0.460 e. The van der Waals surface area contributed by atoms with Crippen molar-refractivity contribution in [2.24, 2.45) is 5.73 Å². The summed E-state index contributed by atoms with van der Waals surface area (Å²) in [6.45, 7) is 4.37. The summed E-state index contributed by atoms with van der Waals surface area (Å²) >= 11 is 0. The smallest absolute Gasteiger partial charge is 0.251 e. The maximum Gasteiger partial charge on any atom is 0.251 e. The van der Waals surface area contributed by atoms with Crippen LogP contribution in [0.1, 0.15) is 34.5 Å². The number of carbonyl (C=O) groups is 1. The van der Waals surface area contributed by atoms with Gasteiger partial charge in [0.15, 0.2) is 0 Å². The first kappa shape index (κ1) is 24.2. The predicted molar refractivity (Wildman–Crippen MR) is 140 cm³/mol. The largest absolute Gasteiger partial charge is 0.460 e. The van der Waals surface area contributed by atoms with Crippen LogP contribution in [0.15, 0.2) is 63.8 Å². The summed E-state index contributed by atoms with van der Waals surface area (Å²) in [6, 6.07) is 17.6. The molecule has 8 heteroatoms. The number of rotatable bonds is 9. The van der Waals surface area contributed by atoms with E-state index in [0.717, 1.165) is 61.3 Å². The number of hydrogen-bond acceptors (Lipinski definition) is 6. The number of benzene rings is 2. The molecule has 1 saturated heterocycles. The predicted octanol–water partition coefficient (Wildman–Crippen LogP) is 3.25. The van der Waals surface area contributed by atoms with Crippen molar-refractivity contribution >= 4 is 27.8 Å². The third-order valence-corrected chi connectivity index (χ3v) is 7.02. The molecule has 188 valence electrons. The molecule has 0 unspecified atom stereocenters. The number of aromatic nitrogens is 1. The van der Waals surface area contributed by atoms with Crippen molar-refractivity contribution in [1.82, 2.24) is 14.8 Å². The van der Waals surface area contributed by atoms with E-state index in [1.807, 2.05) is 36.4 Å². The van der Waals surface area contributed by atoms with Gasteiger partial charge in [-0.2, -0.15) is 0 Å². The number of nitrogens with one attached hydrogen (secondary N) is 1. The van der Waals surface area contributed by atoms with Crippen LogP contribution in [0.25, 0.3) is 21.9 Å². The first-order valence-corrected chi connectivity index (χ1v) is 12.4. The third-order valence-electron chi connectivity index (χ3n) is 7.02. The molecular weight excluding hydrogens is 456 g/mol. The quantitative estimate of drug-likeness (QED) is 0.375. The molecule has 0 saturated carbocycles.